The molecule has 2 aromatic heterocycles. The molecular weight excluding hydrogens is 452 g/mol. The van der Waals surface area contributed by atoms with Gasteiger partial charge in [-0.05, 0) is 77.8 Å². The van der Waals surface area contributed by atoms with E-state index in [2.05, 4.69) is 31.2 Å². The van der Waals surface area contributed by atoms with Crippen molar-refractivity contribution in [2.75, 3.05) is 19.5 Å². The van der Waals surface area contributed by atoms with Gasteiger partial charge >= 0.3 is 0 Å². The molecule has 0 unspecified atom stereocenters. The Kier molecular flexibility index (Phi) is 7.00. The van der Waals surface area contributed by atoms with Crippen LogP contribution in [-0.2, 0) is 0 Å². The highest BCUT2D eigenvalue weighted by atomic mass is 16.6. The van der Waals surface area contributed by atoms with Crippen molar-refractivity contribution < 1.29 is 18.9 Å². The molecule has 0 aliphatic rings. The van der Waals surface area contributed by atoms with Crippen LogP contribution in [0, 0.1) is 0 Å². The van der Waals surface area contributed by atoms with E-state index in [-0.39, 0.29) is 17.3 Å². The van der Waals surface area contributed by atoms with Crippen molar-refractivity contribution >= 4 is 17.4 Å². The van der Waals surface area contributed by atoms with Crippen LogP contribution in [0.4, 0.5) is 5.82 Å². The number of carbonyl (C=O) groups excluding carboxylic acids is 1. The number of ether oxygens (including phenoxy) is 2. The minimum absolute atomic E-state index is 0.000576. The maximum atomic E-state index is 13.1. The van der Waals surface area contributed by atoms with E-state index >= 15 is 0 Å². The molecule has 180 valence electrons. The van der Waals surface area contributed by atoms with Gasteiger partial charge in [0.15, 0.2) is 5.69 Å². The van der Waals surface area contributed by atoms with Gasteiger partial charge in [-0.3, -0.25) is 4.79 Å². The van der Waals surface area contributed by atoms with Crippen molar-refractivity contribution in [1.29, 1.82) is 0 Å². The molecule has 2 heterocycles. The van der Waals surface area contributed by atoms with E-state index in [1.165, 1.54) is 4.68 Å². The fourth-order valence-corrected chi connectivity index (χ4v) is 3.19. The zero-order valence-corrected chi connectivity index (χ0v) is 19.4. The molecule has 0 radical (unpaired) electrons. The number of nitrogens with zero attached hydrogens (tertiary/aromatic N) is 6. The van der Waals surface area contributed by atoms with Crippen LogP contribution in [-0.4, -0.2) is 50.6 Å². The fraction of sp³-hybridized carbons (Fsp3) is 0.217. The third kappa shape index (κ3) is 5.11. The van der Waals surface area contributed by atoms with Crippen LogP contribution in [0.25, 0.3) is 17.1 Å². The number of anilines is 1. The third-order valence-electron chi connectivity index (χ3n) is 5.02. The first-order valence-corrected chi connectivity index (χ1v) is 10.8. The number of nitrogens with one attached hydrogen (secondary N) is 1. The molecule has 2 aromatic carbocycles. The lowest BCUT2D eigenvalue weighted by Gasteiger charge is -2.08. The predicted molar refractivity (Wildman–Crippen MR) is 128 cm³/mol. The molecule has 12 nitrogen and oxygen atoms in total. The van der Waals surface area contributed by atoms with E-state index in [1.807, 2.05) is 31.2 Å². The van der Waals surface area contributed by atoms with E-state index in [9.17, 15) is 4.79 Å². The Labute approximate surface area is 200 Å². The minimum Gasteiger partial charge on any atom is -0.497 e. The molecule has 4 rings (SSSR count). The first kappa shape index (κ1) is 23.4. The Balaban J connectivity index is 1.65. The van der Waals surface area contributed by atoms with Crippen molar-refractivity contribution in [1.82, 2.24) is 30.7 Å². The van der Waals surface area contributed by atoms with E-state index in [4.69, 9.17) is 19.8 Å². The summed E-state index contributed by atoms with van der Waals surface area (Å²) in [6.07, 6.45) is 0.887. The molecule has 35 heavy (non-hydrogen) atoms. The number of carbonyl (C=O) groups is 1. The van der Waals surface area contributed by atoms with Crippen LogP contribution in [0.3, 0.4) is 0 Å². The number of hydrogen-bond acceptors (Lipinski definition) is 10. The smallest absolute Gasteiger partial charge is 0.294 e. The van der Waals surface area contributed by atoms with Gasteiger partial charge in [-0.25, -0.2) is 10.1 Å². The molecule has 0 saturated heterocycles. The lowest BCUT2D eigenvalue weighted by molar-refractivity contribution is 0.0950. The zero-order valence-electron chi connectivity index (χ0n) is 19.4. The lowest BCUT2D eigenvalue weighted by atomic mass is 10.1. The Hall–Kier alpha value is -4.74. The summed E-state index contributed by atoms with van der Waals surface area (Å²) in [5, 5.41) is 19.7. The van der Waals surface area contributed by atoms with Gasteiger partial charge in [0.2, 0.25) is 11.6 Å². The van der Waals surface area contributed by atoms with Gasteiger partial charge in [0, 0.05) is 5.56 Å². The number of nitrogens with two attached hydrogens (primary N) is 1. The Bertz CT molecular complexity index is 1330. The van der Waals surface area contributed by atoms with Crippen LogP contribution in [0.1, 0.15) is 36.3 Å². The first-order valence-electron chi connectivity index (χ1n) is 10.8. The molecule has 0 spiro atoms. The minimum atomic E-state index is -0.569. The van der Waals surface area contributed by atoms with Crippen LogP contribution in [0.5, 0.6) is 11.5 Å². The van der Waals surface area contributed by atoms with Crippen LogP contribution in [0.15, 0.2) is 58.3 Å². The molecule has 3 N–H and O–H groups in total. The monoisotopic (exact) mass is 476 g/mol. The Morgan fingerprint density at radius 2 is 1.83 bits per heavy atom. The number of hydrazone groups is 1. The second-order valence-corrected chi connectivity index (χ2v) is 7.41. The summed E-state index contributed by atoms with van der Waals surface area (Å²) in [5.74, 6) is 0.957. The zero-order chi connectivity index (χ0) is 24.8. The SMILES string of the molecule is CCCOc1ccc(-c2c(C(=O)N/N=C(/C)c3ccc(OC)cc3)nnn2-c2nonc2N)cc1. The molecule has 12 heteroatoms. The molecule has 0 atom stereocenters. The van der Waals surface area contributed by atoms with Gasteiger partial charge in [-0.15, -0.1) is 5.10 Å². The van der Waals surface area contributed by atoms with E-state index in [1.54, 1.807) is 38.3 Å². The number of methoxy groups -OCH3 is 1. The summed E-state index contributed by atoms with van der Waals surface area (Å²) in [6.45, 7) is 4.40. The van der Waals surface area contributed by atoms with Gasteiger partial charge in [-0.2, -0.15) is 9.78 Å². The lowest BCUT2D eigenvalue weighted by Crippen LogP contribution is -2.21. The molecule has 0 aliphatic carbocycles. The standard InChI is InChI=1S/C23H24N8O4/c1-4-13-34-18-11-7-16(8-12-18)20-19(26-30-31(20)22-21(24)28-35-29-22)23(32)27-25-14(2)15-5-9-17(33-3)10-6-15/h5-12H,4,13H2,1-3H3,(H2,24,28)(H,27,32)/b25-14-. The van der Waals surface area contributed by atoms with E-state index in [0.717, 1.165) is 17.7 Å². The maximum Gasteiger partial charge on any atom is 0.294 e. The molecule has 0 bridgehead atoms. The van der Waals surface area contributed by atoms with Gasteiger partial charge in [-0.1, -0.05) is 12.1 Å². The van der Waals surface area contributed by atoms with Gasteiger partial charge in [0.1, 0.15) is 17.2 Å². The maximum absolute atomic E-state index is 13.1. The molecule has 1 amide bonds. The van der Waals surface area contributed by atoms with Gasteiger partial charge < -0.3 is 15.2 Å². The second-order valence-electron chi connectivity index (χ2n) is 7.41. The highest BCUT2D eigenvalue weighted by Gasteiger charge is 2.25. The summed E-state index contributed by atoms with van der Waals surface area (Å²) < 4.78 is 16.8. The molecular formula is C23H24N8O4. The van der Waals surface area contributed by atoms with Crippen LogP contribution < -0.4 is 20.6 Å². The summed E-state index contributed by atoms with van der Waals surface area (Å²) in [5.41, 5.74) is 10.8. The van der Waals surface area contributed by atoms with Crippen LogP contribution in [0.2, 0.25) is 0 Å². The van der Waals surface area contributed by atoms with Crippen molar-refractivity contribution in [3.63, 3.8) is 0 Å². The van der Waals surface area contributed by atoms with E-state index in [0.29, 0.717) is 29.3 Å². The summed E-state index contributed by atoms with van der Waals surface area (Å²) in [4.78, 5) is 13.1. The molecule has 0 aliphatic heterocycles. The number of nitrogen functional groups attached to an aromatic ring is 1. The normalized spacial score (nSPS) is 11.3. The third-order valence-corrected chi connectivity index (χ3v) is 5.02. The summed E-state index contributed by atoms with van der Waals surface area (Å²) >= 11 is 0. The van der Waals surface area contributed by atoms with Gasteiger partial charge in [0.05, 0.1) is 19.4 Å². The number of benzene rings is 2. The number of hydrogen-bond donors (Lipinski definition) is 2. The first-order chi connectivity index (χ1) is 17.0. The highest BCUT2D eigenvalue weighted by Crippen LogP contribution is 2.28. The van der Waals surface area contributed by atoms with Gasteiger partial charge in [0.25, 0.3) is 5.91 Å². The topological polar surface area (TPSA) is 156 Å². The quantitative estimate of drug-likeness (QED) is 0.274. The van der Waals surface area contributed by atoms with Crippen LogP contribution >= 0.6 is 0 Å². The van der Waals surface area contributed by atoms with Crippen molar-refractivity contribution in [3.8, 4) is 28.6 Å². The summed E-state index contributed by atoms with van der Waals surface area (Å²) in [7, 11) is 1.59. The molecule has 0 saturated carbocycles. The molecule has 0 fully saturated rings. The fourth-order valence-electron chi connectivity index (χ4n) is 3.19. The number of amides is 1. The largest absolute Gasteiger partial charge is 0.497 e. The second kappa shape index (κ2) is 10.5. The van der Waals surface area contributed by atoms with Crippen molar-refractivity contribution in [3.05, 3.63) is 59.8 Å². The highest BCUT2D eigenvalue weighted by molar-refractivity contribution is 6.02. The predicted octanol–water partition coefficient (Wildman–Crippen LogP) is 2.85. The molecule has 4 aromatic rings. The Morgan fingerprint density at radius 3 is 2.46 bits per heavy atom. The number of aromatic nitrogens is 5. The van der Waals surface area contributed by atoms with E-state index < -0.39 is 5.91 Å². The average molecular weight is 476 g/mol. The Morgan fingerprint density at radius 1 is 1.11 bits per heavy atom. The summed E-state index contributed by atoms with van der Waals surface area (Å²) in [6, 6.07) is 14.5. The average Bonchev–Trinajstić information content (AvgIpc) is 3.52. The van der Waals surface area contributed by atoms with Crippen molar-refractivity contribution in [2.24, 2.45) is 5.10 Å². The van der Waals surface area contributed by atoms with Crippen molar-refractivity contribution in [2.45, 2.75) is 20.3 Å². The number of rotatable bonds is 9.